The van der Waals surface area contributed by atoms with Crippen molar-refractivity contribution in [2.24, 2.45) is 0 Å². The minimum absolute atomic E-state index is 0.302. The molecular formula is C22H22N4. The Morgan fingerprint density at radius 1 is 0.885 bits per heavy atom. The second-order valence-corrected chi connectivity index (χ2v) is 7.17. The van der Waals surface area contributed by atoms with Gasteiger partial charge in [-0.25, -0.2) is 9.97 Å². The fraction of sp³-hybridized carbons (Fsp3) is 0.273. The van der Waals surface area contributed by atoms with Crippen LogP contribution in [0.5, 0.6) is 0 Å². The summed E-state index contributed by atoms with van der Waals surface area (Å²) >= 11 is 0. The Hall–Kier alpha value is -2.88. The Morgan fingerprint density at radius 3 is 2.58 bits per heavy atom. The quantitative estimate of drug-likeness (QED) is 0.521. The SMILES string of the molecule is CC(C)c1ncc2cc(CC(C)c3nccc4ccncc34)ccc2n1. The molecule has 26 heavy (non-hydrogen) atoms. The van der Waals surface area contributed by atoms with E-state index in [1.165, 1.54) is 10.9 Å². The van der Waals surface area contributed by atoms with E-state index in [0.717, 1.165) is 34.2 Å². The summed E-state index contributed by atoms with van der Waals surface area (Å²) < 4.78 is 0. The monoisotopic (exact) mass is 342 g/mol. The van der Waals surface area contributed by atoms with Crippen LogP contribution in [0.15, 0.2) is 55.1 Å². The number of benzene rings is 1. The summed E-state index contributed by atoms with van der Waals surface area (Å²) in [6.07, 6.45) is 8.48. The van der Waals surface area contributed by atoms with Crippen LogP contribution in [0.3, 0.4) is 0 Å². The maximum Gasteiger partial charge on any atom is 0.131 e. The molecule has 0 aliphatic heterocycles. The molecule has 0 amide bonds. The van der Waals surface area contributed by atoms with Gasteiger partial charge in [-0.05, 0) is 41.6 Å². The van der Waals surface area contributed by atoms with E-state index in [-0.39, 0.29) is 0 Å². The van der Waals surface area contributed by atoms with Crippen molar-refractivity contribution in [2.45, 2.75) is 39.0 Å². The predicted octanol–water partition coefficient (Wildman–Crippen LogP) is 5.04. The molecule has 4 nitrogen and oxygen atoms in total. The Bertz CT molecular complexity index is 1070. The standard InChI is InChI=1S/C22H22N4/c1-14(2)22-25-12-18-11-16(4-5-20(18)26-22)10-15(3)21-19-13-23-8-6-17(19)7-9-24-21/h4-9,11-15H,10H2,1-3H3. The normalized spacial score (nSPS) is 12.8. The lowest BCUT2D eigenvalue weighted by Gasteiger charge is -2.14. The van der Waals surface area contributed by atoms with Crippen LogP contribution in [0, 0.1) is 0 Å². The minimum atomic E-state index is 0.302. The van der Waals surface area contributed by atoms with Gasteiger partial charge in [-0.3, -0.25) is 9.97 Å². The molecule has 130 valence electrons. The van der Waals surface area contributed by atoms with E-state index in [1.807, 2.05) is 36.9 Å². The first-order chi connectivity index (χ1) is 12.6. The van der Waals surface area contributed by atoms with Gasteiger partial charge in [-0.1, -0.05) is 26.8 Å². The lowest BCUT2D eigenvalue weighted by Crippen LogP contribution is -2.03. The number of rotatable bonds is 4. The van der Waals surface area contributed by atoms with E-state index in [4.69, 9.17) is 0 Å². The van der Waals surface area contributed by atoms with Gasteiger partial charge in [-0.15, -0.1) is 0 Å². The topological polar surface area (TPSA) is 51.6 Å². The number of pyridine rings is 2. The van der Waals surface area contributed by atoms with E-state index in [9.17, 15) is 0 Å². The van der Waals surface area contributed by atoms with Crippen molar-refractivity contribution >= 4 is 21.7 Å². The summed E-state index contributed by atoms with van der Waals surface area (Å²) in [6.45, 7) is 6.45. The molecule has 4 heteroatoms. The minimum Gasteiger partial charge on any atom is -0.264 e. The first-order valence-electron chi connectivity index (χ1n) is 9.06. The first-order valence-corrected chi connectivity index (χ1v) is 9.06. The number of hydrogen-bond acceptors (Lipinski definition) is 4. The Labute approximate surface area is 153 Å². The lowest BCUT2D eigenvalue weighted by molar-refractivity contribution is 0.739. The van der Waals surface area contributed by atoms with Gasteiger partial charge in [0.15, 0.2) is 0 Å². The molecule has 0 saturated carbocycles. The van der Waals surface area contributed by atoms with Crippen molar-refractivity contribution in [2.75, 3.05) is 0 Å². The van der Waals surface area contributed by atoms with Crippen LogP contribution in [0.4, 0.5) is 0 Å². The number of hydrogen-bond donors (Lipinski definition) is 0. The average Bonchev–Trinajstić information content (AvgIpc) is 2.67. The van der Waals surface area contributed by atoms with Gasteiger partial charge in [0.1, 0.15) is 5.82 Å². The summed E-state index contributed by atoms with van der Waals surface area (Å²) in [5.41, 5.74) is 3.38. The molecule has 1 atom stereocenters. The van der Waals surface area contributed by atoms with Crippen LogP contribution in [0.1, 0.15) is 49.7 Å². The number of fused-ring (bicyclic) bond motifs is 2. The van der Waals surface area contributed by atoms with Crippen LogP contribution in [0.2, 0.25) is 0 Å². The summed E-state index contributed by atoms with van der Waals surface area (Å²) in [5.74, 6) is 1.53. The highest BCUT2D eigenvalue weighted by Gasteiger charge is 2.13. The molecule has 3 aromatic heterocycles. The second kappa shape index (κ2) is 6.79. The zero-order valence-corrected chi connectivity index (χ0v) is 15.3. The van der Waals surface area contributed by atoms with Crippen LogP contribution >= 0.6 is 0 Å². The Balaban J connectivity index is 1.64. The zero-order chi connectivity index (χ0) is 18.1. The van der Waals surface area contributed by atoms with Crippen LogP contribution in [-0.4, -0.2) is 19.9 Å². The van der Waals surface area contributed by atoms with Gasteiger partial charge < -0.3 is 0 Å². The molecule has 0 N–H and O–H groups in total. The molecule has 1 aromatic carbocycles. The third-order valence-electron chi connectivity index (χ3n) is 4.79. The van der Waals surface area contributed by atoms with Crippen LogP contribution in [-0.2, 0) is 6.42 Å². The van der Waals surface area contributed by atoms with Crippen molar-refractivity contribution < 1.29 is 0 Å². The predicted molar refractivity (Wildman–Crippen MR) is 105 cm³/mol. The van der Waals surface area contributed by atoms with Crippen LogP contribution < -0.4 is 0 Å². The lowest BCUT2D eigenvalue weighted by atomic mass is 9.94. The second-order valence-electron chi connectivity index (χ2n) is 7.17. The van der Waals surface area contributed by atoms with Crippen LogP contribution in [0.25, 0.3) is 21.7 Å². The third kappa shape index (κ3) is 3.15. The molecule has 4 rings (SSSR count). The maximum atomic E-state index is 4.66. The molecule has 1 unspecified atom stereocenters. The molecule has 0 aliphatic carbocycles. The largest absolute Gasteiger partial charge is 0.264 e. The zero-order valence-electron chi connectivity index (χ0n) is 15.3. The van der Waals surface area contributed by atoms with Crippen molar-refractivity contribution in [3.8, 4) is 0 Å². The molecule has 0 saturated heterocycles. The summed E-state index contributed by atoms with van der Waals surface area (Å²) in [4.78, 5) is 18.1. The molecule has 0 aliphatic rings. The highest BCUT2D eigenvalue weighted by molar-refractivity contribution is 5.83. The van der Waals surface area contributed by atoms with Crippen molar-refractivity contribution in [3.05, 3.63) is 72.2 Å². The van der Waals surface area contributed by atoms with Crippen molar-refractivity contribution in [1.29, 1.82) is 0 Å². The van der Waals surface area contributed by atoms with Gasteiger partial charge in [0.2, 0.25) is 0 Å². The van der Waals surface area contributed by atoms with Crippen molar-refractivity contribution in [1.82, 2.24) is 19.9 Å². The third-order valence-corrected chi connectivity index (χ3v) is 4.79. The van der Waals surface area contributed by atoms with Crippen molar-refractivity contribution in [3.63, 3.8) is 0 Å². The average molecular weight is 342 g/mol. The van der Waals surface area contributed by atoms with Gasteiger partial charge in [0, 0.05) is 47.4 Å². The smallest absolute Gasteiger partial charge is 0.131 e. The summed E-state index contributed by atoms with van der Waals surface area (Å²) in [6, 6.07) is 10.5. The molecule has 0 fully saturated rings. The highest BCUT2D eigenvalue weighted by Crippen LogP contribution is 2.26. The van der Waals surface area contributed by atoms with E-state index in [0.29, 0.717) is 11.8 Å². The van der Waals surface area contributed by atoms with E-state index < -0.39 is 0 Å². The molecule has 0 spiro atoms. The molecule has 3 heterocycles. The molecule has 0 radical (unpaired) electrons. The van der Waals surface area contributed by atoms with E-state index >= 15 is 0 Å². The highest BCUT2D eigenvalue weighted by atomic mass is 14.9. The molecule has 4 aromatic rings. The number of aromatic nitrogens is 4. The van der Waals surface area contributed by atoms with Gasteiger partial charge in [0.05, 0.1) is 11.2 Å². The molecule has 0 bridgehead atoms. The van der Waals surface area contributed by atoms with E-state index in [1.54, 1.807) is 0 Å². The maximum absolute atomic E-state index is 4.66. The van der Waals surface area contributed by atoms with E-state index in [2.05, 4.69) is 58.9 Å². The Kier molecular flexibility index (Phi) is 4.33. The fourth-order valence-electron chi connectivity index (χ4n) is 3.38. The summed E-state index contributed by atoms with van der Waals surface area (Å²) in [7, 11) is 0. The van der Waals surface area contributed by atoms with Gasteiger partial charge in [0.25, 0.3) is 0 Å². The first kappa shape index (κ1) is 16.6. The summed E-state index contributed by atoms with van der Waals surface area (Å²) in [5, 5.41) is 3.41. The Morgan fingerprint density at radius 2 is 1.73 bits per heavy atom. The fourth-order valence-corrected chi connectivity index (χ4v) is 3.38. The van der Waals surface area contributed by atoms with Gasteiger partial charge in [-0.2, -0.15) is 0 Å². The molecular weight excluding hydrogens is 320 g/mol. The number of nitrogens with zero attached hydrogens (tertiary/aromatic N) is 4. The van der Waals surface area contributed by atoms with Gasteiger partial charge >= 0.3 is 0 Å².